The Morgan fingerprint density at radius 3 is 2.63 bits per heavy atom. The quantitative estimate of drug-likeness (QED) is 0.801. The second kappa shape index (κ2) is 6.65. The average molecular weight is 390 g/mol. The summed E-state index contributed by atoms with van der Waals surface area (Å²) in [7, 11) is -1.87. The zero-order chi connectivity index (χ0) is 19.2. The predicted molar refractivity (Wildman–Crippen MR) is 98.8 cm³/mol. The van der Waals surface area contributed by atoms with Crippen LogP contribution < -0.4 is 4.90 Å². The van der Waals surface area contributed by atoms with E-state index in [1.165, 1.54) is 16.8 Å². The van der Waals surface area contributed by atoms with Crippen molar-refractivity contribution in [1.29, 1.82) is 0 Å². The molecular formula is C18H22N4O4S. The number of ether oxygens (including phenoxy) is 1. The Morgan fingerprint density at radius 1 is 1.22 bits per heavy atom. The minimum atomic E-state index is -3.61. The fourth-order valence-corrected chi connectivity index (χ4v) is 5.24. The predicted octanol–water partition coefficient (Wildman–Crippen LogP) is 2.04. The number of hydrogen-bond donors (Lipinski definition) is 0. The molecule has 1 amide bonds. The van der Waals surface area contributed by atoms with Gasteiger partial charge >= 0.3 is 6.09 Å². The number of benzene rings is 1. The molecule has 2 aliphatic rings. The van der Waals surface area contributed by atoms with E-state index in [2.05, 4.69) is 4.98 Å². The highest BCUT2D eigenvalue weighted by Gasteiger charge is 2.38. The van der Waals surface area contributed by atoms with Crippen molar-refractivity contribution in [2.45, 2.75) is 37.4 Å². The van der Waals surface area contributed by atoms with Gasteiger partial charge in [-0.1, -0.05) is 18.2 Å². The van der Waals surface area contributed by atoms with Gasteiger partial charge in [-0.15, -0.1) is 0 Å². The number of nitrogens with zero attached hydrogens (tertiary/aromatic N) is 4. The van der Waals surface area contributed by atoms with Crippen molar-refractivity contribution in [2.24, 2.45) is 7.05 Å². The van der Waals surface area contributed by atoms with E-state index in [0.717, 1.165) is 16.8 Å². The highest BCUT2D eigenvalue weighted by Crippen LogP contribution is 2.35. The molecule has 0 bridgehead atoms. The lowest BCUT2D eigenvalue weighted by atomic mass is 10.00. The first-order valence-corrected chi connectivity index (χ1v) is 10.3. The number of carbonyl (C=O) groups excluding carboxylic acids is 1. The molecule has 0 saturated carbocycles. The second-order valence-electron chi connectivity index (χ2n) is 7.02. The van der Waals surface area contributed by atoms with Crippen LogP contribution in [0.5, 0.6) is 0 Å². The van der Waals surface area contributed by atoms with E-state index in [4.69, 9.17) is 4.74 Å². The van der Waals surface area contributed by atoms with Gasteiger partial charge in [0.15, 0.2) is 5.03 Å². The molecule has 2 aliphatic heterocycles. The van der Waals surface area contributed by atoms with Crippen molar-refractivity contribution in [3.63, 3.8) is 0 Å². The van der Waals surface area contributed by atoms with Gasteiger partial charge in [0.2, 0.25) is 0 Å². The van der Waals surface area contributed by atoms with Gasteiger partial charge in [-0.3, -0.25) is 4.90 Å². The number of hydrogen-bond acceptors (Lipinski definition) is 5. The number of amides is 1. The van der Waals surface area contributed by atoms with Crippen LogP contribution in [0.25, 0.3) is 0 Å². The van der Waals surface area contributed by atoms with E-state index >= 15 is 0 Å². The van der Waals surface area contributed by atoms with Crippen LogP contribution in [-0.2, 0) is 28.4 Å². The molecule has 0 aliphatic carbocycles. The number of fused-ring (bicyclic) bond motifs is 1. The molecule has 9 heteroatoms. The molecule has 0 radical (unpaired) electrons. The molecule has 4 rings (SSSR count). The maximum absolute atomic E-state index is 12.7. The van der Waals surface area contributed by atoms with Crippen molar-refractivity contribution in [3.05, 3.63) is 41.9 Å². The van der Waals surface area contributed by atoms with E-state index in [1.807, 2.05) is 25.1 Å². The van der Waals surface area contributed by atoms with Crippen LogP contribution in [-0.4, -0.2) is 47.5 Å². The molecule has 2 aromatic rings. The first-order chi connectivity index (χ1) is 12.9. The number of cyclic esters (lactones) is 1. The molecule has 1 fully saturated rings. The Hall–Kier alpha value is -2.39. The van der Waals surface area contributed by atoms with Crippen LogP contribution in [0.1, 0.15) is 24.0 Å². The van der Waals surface area contributed by atoms with E-state index in [1.54, 1.807) is 16.5 Å². The summed E-state index contributed by atoms with van der Waals surface area (Å²) in [4.78, 5) is 18.2. The van der Waals surface area contributed by atoms with Crippen LogP contribution in [0.2, 0.25) is 0 Å². The summed E-state index contributed by atoms with van der Waals surface area (Å²) in [6.07, 6.45) is 3.72. The van der Waals surface area contributed by atoms with E-state index in [-0.39, 0.29) is 23.8 Å². The minimum absolute atomic E-state index is 0.0574. The molecule has 0 spiro atoms. The molecular weight excluding hydrogens is 368 g/mol. The van der Waals surface area contributed by atoms with Crippen molar-refractivity contribution in [1.82, 2.24) is 13.9 Å². The third kappa shape index (κ3) is 3.10. The number of para-hydroxylation sites is 1. The van der Waals surface area contributed by atoms with Gasteiger partial charge < -0.3 is 9.30 Å². The summed E-state index contributed by atoms with van der Waals surface area (Å²) in [6.45, 7) is 2.94. The topological polar surface area (TPSA) is 84.7 Å². The van der Waals surface area contributed by atoms with Gasteiger partial charge in [0.1, 0.15) is 6.61 Å². The van der Waals surface area contributed by atoms with Crippen molar-refractivity contribution in [3.8, 4) is 0 Å². The normalized spacial score (nSPS) is 19.0. The van der Waals surface area contributed by atoms with Crippen molar-refractivity contribution >= 4 is 21.8 Å². The Kier molecular flexibility index (Phi) is 4.43. The van der Waals surface area contributed by atoms with Gasteiger partial charge in [0.25, 0.3) is 10.0 Å². The molecule has 3 heterocycles. The SMILES string of the molecule is Cc1cccc2c1N(C1CCN(S(=O)(=O)c3cn(C)cn3)CC1)C(=O)OC2. The molecule has 1 saturated heterocycles. The van der Waals surface area contributed by atoms with Gasteiger partial charge in [-0.25, -0.2) is 18.2 Å². The van der Waals surface area contributed by atoms with Crippen LogP contribution >= 0.6 is 0 Å². The Bertz CT molecular complexity index is 977. The summed E-state index contributed by atoms with van der Waals surface area (Å²) in [5.41, 5.74) is 2.91. The number of anilines is 1. The summed E-state index contributed by atoms with van der Waals surface area (Å²) >= 11 is 0. The fraction of sp³-hybridized carbons (Fsp3) is 0.444. The van der Waals surface area contributed by atoms with Crippen LogP contribution in [0.15, 0.2) is 35.7 Å². The van der Waals surface area contributed by atoms with Crippen LogP contribution in [0.4, 0.5) is 10.5 Å². The van der Waals surface area contributed by atoms with Crippen molar-refractivity contribution < 1.29 is 17.9 Å². The molecule has 27 heavy (non-hydrogen) atoms. The monoisotopic (exact) mass is 390 g/mol. The van der Waals surface area contributed by atoms with Gasteiger partial charge in [0, 0.05) is 37.9 Å². The number of carbonyl (C=O) groups is 1. The lowest BCUT2D eigenvalue weighted by Gasteiger charge is -2.40. The largest absolute Gasteiger partial charge is 0.444 e. The molecule has 0 unspecified atom stereocenters. The summed E-state index contributed by atoms with van der Waals surface area (Å²) in [5, 5.41) is 0.0574. The Morgan fingerprint density at radius 2 is 1.96 bits per heavy atom. The number of aromatic nitrogens is 2. The summed E-state index contributed by atoms with van der Waals surface area (Å²) in [5.74, 6) is 0. The second-order valence-corrected chi connectivity index (χ2v) is 8.90. The maximum atomic E-state index is 12.7. The number of rotatable bonds is 3. The molecule has 144 valence electrons. The van der Waals surface area contributed by atoms with E-state index in [9.17, 15) is 13.2 Å². The molecule has 8 nitrogen and oxygen atoms in total. The third-order valence-electron chi connectivity index (χ3n) is 5.18. The summed E-state index contributed by atoms with van der Waals surface area (Å²) in [6, 6.07) is 5.80. The molecule has 1 aromatic carbocycles. The first kappa shape index (κ1) is 18.0. The standard InChI is InChI=1S/C18H22N4O4S/c1-13-4-3-5-14-11-26-18(23)22(17(13)14)15-6-8-21(9-7-15)27(24,25)16-10-20(2)12-19-16/h3-5,10,12,15H,6-9,11H2,1-2H3. The minimum Gasteiger partial charge on any atom is -0.444 e. The Labute approximate surface area is 158 Å². The first-order valence-electron chi connectivity index (χ1n) is 8.90. The smallest absolute Gasteiger partial charge is 0.414 e. The van der Waals surface area contributed by atoms with Crippen molar-refractivity contribution in [2.75, 3.05) is 18.0 Å². The van der Waals surface area contributed by atoms with Gasteiger partial charge in [-0.05, 0) is 25.3 Å². The zero-order valence-electron chi connectivity index (χ0n) is 15.3. The summed E-state index contributed by atoms with van der Waals surface area (Å²) < 4.78 is 33.9. The lowest BCUT2D eigenvalue weighted by Crippen LogP contribution is -2.50. The van der Waals surface area contributed by atoms with Gasteiger partial charge in [0.05, 0.1) is 12.0 Å². The maximum Gasteiger partial charge on any atom is 0.414 e. The molecule has 0 atom stereocenters. The average Bonchev–Trinajstić information content (AvgIpc) is 3.10. The van der Waals surface area contributed by atoms with Crippen LogP contribution in [0, 0.1) is 6.92 Å². The Balaban J connectivity index is 1.54. The van der Waals surface area contributed by atoms with E-state index < -0.39 is 10.0 Å². The fourth-order valence-electron chi connectivity index (χ4n) is 3.81. The molecule has 0 N–H and O–H groups in total. The van der Waals surface area contributed by atoms with Gasteiger partial charge in [-0.2, -0.15) is 4.31 Å². The van der Waals surface area contributed by atoms with E-state index in [0.29, 0.717) is 25.9 Å². The highest BCUT2D eigenvalue weighted by molar-refractivity contribution is 7.89. The number of imidazole rings is 1. The number of aryl methyl sites for hydroxylation is 2. The molecule has 1 aromatic heterocycles. The number of sulfonamides is 1. The highest BCUT2D eigenvalue weighted by atomic mass is 32.2. The zero-order valence-corrected chi connectivity index (χ0v) is 16.1. The lowest BCUT2D eigenvalue weighted by molar-refractivity contribution is 0.135. The third-order valence-corrected chi connectivity index (χ3v) is 6.97. The number of piperidine rings is 1. The van der Waals surface area contributed by atoms with Crippen LogP contribution in [0.3, 0.4) is 0 Å².